The highest BCUT2D eigenvalue weighted by atomic mass is 16.5. The van der Waals surface area contributed by atoms with Crippen LogP contribution in [0.15, 0.2) is 29.2 Å². The molecule has 2 saturated heterocycles. The van der Waals surface area contributed by atoms with Crippen LogP contribution >= 0.6 is 0 Å². The van der Waals surface area contributed by atoms with Crippen LogP contribution < -0.4 is 5.56 Å². The molecule has 0 radical (unpaired) electrons. The Balaban J connectivity index is 1.54. The molecule has 2 atom stereocenters. The van der Waals surface area contributed by atoms with Gasteiger partial charge in [-0.05, 0) is 25.3 Å². The van der Waals surface area contributed by atoms with Gasteiger partial charge in [0.15, 0.2) is 0 Å². The molecule has 1 amide bonds. The molecule has 1 aromatic rings. The van der Waals surface area contributed by atoms with Crippen molar-refractivity contribution in [3.05, 3.63) is 34.7 Å². The van der Waals surface area contributed by atoms with E-state index in [1.807, 2.05) is 0 Å². The fraction of sp³-hybridized carbons (Fsp3) is 0.647. The van der Waals surface area contributed by atoms with E-state index in [-0.39, 0.29) is 17.9 Å². The number of pyridine rings is 1. The molecule has 0 unspecified atom stereocenters. The maximum absolute atomic E-state index is 12.4. The predicted octanol–water partition coefficient (Wildman–Crippen LogP) is -0.258. The van der Waals surface area contributed by atoms with Gasteiger partial charge in [-0.15, -0.1) is 0 Å². The van der Waals surface area contributed by atoms with Gasteiger partial charge in [0.2, 0.25) is 5.91 Å². The molecule has 2 aliphatic heterocycles. The van der Waals surface area contributed by atoms with Crippen molar-refractivity contribution in [2.45, 2.75) is 50.0 Å². The summed E-state index contributed by atoms with van der Waals surface area (Å²) in [6, 6.07) is 4.92. The number of carbonyl (C=O) groups excluding carboxylic acids is 1. The highest BCUT2D eigenvalue weighted by molar-refractivity contribution is 5.76. The minimum atomic E-state index is -0.897. The quantitative estimate of drug-likeness (QED) is 0.794. The lowest BCUT2D eigenvalue weighted by atomic mass is 9.80. The molecule has 2 fully saturated rings. The predicted molar refractivity (Wildman–Crippen MR) is 86.4 cm³/mol. The van der Waals surface area contributed by atoms with Crippen molar-refractivity contribution < 1.29 is 19.7 Å². The molecule has 2 N–H and O–H groups in total. The number of likely N-dealkylation sites (tertiary alicyclic amines) is 1. The molecular formula is C17H24N2O5. The Hall–Kier alpha value is -1.70. The van der Waals surface area contributed by atoms with E-state index in [9.17, 15) is 19.8 Å². The summed E-state index contributed by atoms with van der Waals surface area (Å²) >= 11 is 0. The molecule has 24 heavy (non-hydrogen) atoms. The molecule has 1 aromatic heterocycles. The number of aliphatic hydroxyl groups excluding tert-OH is 2. The summed E-state index contributed by atoms with van der Waals surface area (Å²) in [6.07, 6.45) is 1.76. The van der Waals surface area contributed by atoms with Crippen LogP contribution in [0.25, 0.3) is 0 Å². The van der Waals surface area contributed by atoms with E-state index in [2.05, 4.69) is 0 Å². The van der Waals surface area contributed by atoms with Crippen molar-refractivity contribution >= 4 is 5.91 Å². The van der Waals surface area contributed by atoms with Crippen LogP contribution in [0.4, 0.5) is 0 Å². The van der Waals surface area contributed by atoms with Gasteiger partial charge in [0.05, 0.1) is 18.3 Å². The fourth-order valence-electron chi connectivity index (χ4n) is 3.57. The molecule has 0 aliphatic carbocycles. The molecule has 2 aliphatic rings. The second-order valence-corrected chi connectivity index (χ2v) is 6.58. The zero-order valence-corrected chi connectivity index (χ0v) is 13.6. The van der Waals surface area contributed by atoms with Gasteiger partial charge in [0, 0.05) is 38.3 Å². The van der Waals surface area contributed by atoms with Crippen LogP contribution in [0.1, 0.15) is 25.7 Å². The van der Waals surface area contributed by atoms with Crippen molar-refractivity contribution in [1.29, 1.82) is 0 Å². The van der Waals surface area contributed by atoms with Crippen molar-refractivity contribution in [2.24, 2.45) is 0 Å². The first-order valence-electron chi connectivity index (χ1n) is 8.45. The molecule has 132 valence electrons. The molecule has 0 aromatic carbocycles. The first kappa shape index (κ1) is 17.1. The Bertz CT molecular complexity index is 636. The van der Waals surface area contributed by atoms with E-state index in [1.54, 1.807) is 23.2 Å². The Morgan fingerprint density at radius 3 is 2.75 bits per heavy atom. The SMILES string of the molecule is O=C(CCn1ccccc1=O)N1CCC2(CC1)OCC[C@H](O)[C@@H]2O. The zero-order valence-electron chi connectivity index (χ0n) is 13.6. The molecule has 7 heteroatoms. The van der Waals surface area contributed by atoms with Crippen LogP contribution in [0.3, 0.4) is 0 Å². The summed E-state index contributed by atoms with van der Waals surface area (Å²) in [5.74, 6) is -0.00792. The third-order valence-corrected chi connectivity index (χ3v) is 5.13. The van der Waals surface area contributed by atoms with E-state index in [4.69, 9.17) is 4.74 Å². The Morgan fingerprint density at radius 1 is 1.29 bits per heavy atom. The lowest BCUT2D eigenvalue weighted by molar-refractivity contribution is -0.214. The number of carbonyl (C=O) groups is 1. The monoisotopic (exact) mass is 336 g/mol. The van der Waals surface area contributed by atoms with E-state index in [0.29, 0.717) is 45.5 Å². The number of hydrogen-bond acceptors (Lipinski definition) is 5. The van der Waals surface area contributed by atoms with Crippen molar-refractivity contribution in [3.63, 3.8) is 0 Å². The van der Waals surface area contributed by atoms with E-state index in [1.165, 1.54) is 10.6 Å². The standard InChI is InChI=1S/C17H24N2O5/c20-13-5-12-24-17(16(13)23)6-10-19(11-7-17)15(22)4-9-18-8-2-1-3-14(18)21/h1-3,8,13,16,20,23H,4-7,9-12H2/t13-,16-/m0/s1. The minimum absolute atomic E-state index is 0.00792. The number of ether oxygens (including phenoxy) is 1. The van der Waals surface area contributed by atoms with E-state index >= 15 is 0 Å². The highest BCUT2D eigenvalue weighted by Crippen LogP contribution is 2.35. The Kier molecular flexibility index (Phi) is 5.03. The lowest BCUT2D eigenvalue weighted by Crippen LogP contribution is -2.60. The number of rotatable bonds is 3. The Labute approximate surface area is 140 Å². The minimum Gasteiger partial charge on any atom is -0.390 e. The number of aryl methyl sites for hydroxylation is 1. The second-order valence-electron chi connectivity index (χ2n) is 6.58. The summed E-state index contributed by atoms with van der Waals surface area (Å²) in [5.41, 5.74) is -0.847. The number of hydrogen-bond donors (Lipinski definition) is 2. The molecule has 7 nitrogen and oxygen atoms in total. The van der Waals surface area contributed by atoms with Gasteiger partial charge in [0.25, 0.3) is 5.56 Å². The number of aliphatic hydroxyl groups is 2. The first-order valence-corrected chi connectivity index (χ1v) is 8.45. The molecule has 3 rings (SSSR count). The van der Waals surface area contributed by atoms with Crippen LogP contribution in [-0.4, -0.2) is 63.1 Å². The van der Waals surface area contributed by atoms with Gasteiger partial charge in [0.1, 0.15) is 6.10 Å². The second kappa shape index (κ2) is 7.04. The summed E-state index contributed by atoms with van der Waals surface area (Å²) in [4.78, 5) is 25.8. The third-order valence-electron chi connectivity index (χ3n) is 5.13. The van der Waals surface area contributed by atoms with Crippen molar-refractivity contribution in [2.75, 3.05) is 19.7 Å². The van der Waals surface area contributed by atoms with Crippen molar-refractivity contribution in [3.8, 4) is 0 Å². The first-order chi connectivity index (χ1) is 11.5. The average Bonchev–Trinajstić information content (AvgIpc) is 2.59. The van der Waals surface area contributed by atoms with Gasteiger partial charge in [-0.3, -0.25) is 9.59 Å². The topological polar surface area (TPSA) is 92.0 Å². The third kappa shape index (κ3) is 3.38. The summed E-state index contributed by atoms with van der Waals surface area (Å²) in [6.45, 7) is 1.78. The summed E-state index contributed by atoms with van der Waals surface area (Å²) in [5, 5.41) is 20.1. The Morgan fingerprint density at radius 2 is 2.04 bits per heavy atom. The maximum atomic E-state index is 12.4. The van der Waals surface area contributed by atoms with Crippen LogP contribution in [0.5, 0.6) is 0 Å². The van der Waals surface area contributed by atoms with Crippen molar-refractivity contribution in [1.82, 2.24) is 9.47 Å². The number of amides is 1. The van der Waals surface area contributed by atoms with Crippen LogP contribution in [0, 0.1) is 0 Å². The smallest absolute Gasteiger partial charge is 0.250 e. The zero-order chi connectivity index (χ0) is 17.2. The normalized spacial score (nSPS) is 26.5. The fourth-order valence-corrected chi connectivity index (χ4v) is 3.57. The van der Waals surface area contributed by atoms with Gasteiger partial charge >= 0.3 is 0 Å². The van der Waals surface area contributed by atoms with Crippen LogP contribution in [-0.2, 0) is 16.1 Å². The van der Waals surface area contributed by atoms with E-state index in [0.717, 1.165) is 0 Å². The number of piperidine rings is 1. The van der Waals surface area contributed by atoms with Gasteiger partial charge in [-0.1, -0.05) is 6.07 Å². The molecule has 3 heterocycles. The highest BCUT2D eigenvalue weighted by Gasteiger charge is 2.47. The maximum Gasteiger partial charge on any atom is 0.250 e. The lowest BCUT2D eigenvalue weighted by Gasteiger charge is -2.48. The largest absolute Gasteiger partial charge is 0.390 e. The van der Waals surface area contributed by atoms with Gasteiger partial charge in [-0.25, -0.2) is 0 Å². The molecule has 0 saturated carbocycles. The summed E-state index contributed by atoms with van der Waals surface area (Å²) < 4.78 is 7.29. The average molecular weight is 336 g/mol. The van der Waals surface area contributed by atoms with Gasteiger partial charge in [-0.2, -0.15) is 0 Å². The van der Waals surface area contributed by atoms with Crippen LogP contribution in [0.2, 0.25) is 0 Å². The molecular weight excluding hydrogens is 312 g/mol. The summed E-state index contributed by atoms with van der Waals surface area (Å²) in [7, 11) is 0. The molecule has 1 spiro atoms. The van der Waals surface area contributed by atoms with Gasteiger partial charge < -0.3 is 24.4 Å². The number of aromatic nitrogens is 1. The number of nitrogens with zero attached hydrogens (tertiary/aromatic N) is 2. The van der Waals surface area contributed by atoms with E-state index < -0.39 is 17.8 Å². The molecule has 0 bridgehead atoms.